The lowest BCUT2D eigenvalue weighted by molar-refractivity contribution is -0.117. The molecular formula is C10H13BrN2O2. The number of nitrogens with two attached hydrogens (primary N) is 1. The summed E-state index contributed by atoms with van der Waals surface area (Å²) in [5.74, 6) is 0.597. The van der Waals surface area contributed by atoms with E-state index in [1.54, 1.807) is 26.3 Å². The van der Waals surface area contributed by atoms with Gasteiger partial charge in [0.25, 0.3) is 0 Å². The number of carbonyl (C=O) groups is 1. The van der Waals surface area contributed by atoms with Crippen molar-refractivity contribution in [2.75, 3.05) is 25.6 Å². The minimum Gasteiger partial charge on any atom is -0.496 e. The average Bonchev–Trinajstić information content (AvgIpc) is 2.26. The first-order chi connectivity index (χ1) is 7.10. The molecule has 1 aromatic rings. The summed E-state index contributed by atoms with van der Waals surface area (Å²) in [5.41, 5.74) is 6.05. The normalized spacial score (nSPS) is 9.87. The van der Waals surface area contributed by atoms with Gasteiger partial charge in [-0.2, -0.15) is 0 Å². The van der Waals surface area contributed by atoms with Crippen LogP contribution < -0.4 is 15.4 Å². The summed E-state index contributed by atoms with van der Waals surface area (Å²) in [4.78, 5) is 12.8. The van der Waals surface area contributed by atoms with Crippen LogP contribution in [0.25, 0.3) is 0 Å². The summed E-state index contributed by atoms with van der Waals surface area (Å²) in [7, 11) is 3.28. The number of hydrogen-bond acceptors (Lipinski definition) is 3. The number of halogens is 1. The van der Waals surface area contributed by atoms with Crippen LogP contribution in [0, 0.1) is 0 Å². The molecule has 0 aliphatic carbocycles. The maximum atomic E-state index is 11.3. The van der Waals surface area contributed by atoms with Gasteiger partial charge in [-0.3, -0.25) is 4.79 Å². The van der Waals surface area contributed by atoms with Gasteiger partial charge < -0.3 is 15.4 Å². The van der Waals surface area contributed by atoms with Gasteiger partial charge in [-0.1, -0.05) is 0 Å². The second kappa shape index (κ2) is 5.14. The monoisotopic (exact) mass is 272 g/mol. The van der Waals surface area contributed by atoms with Crippen molar-refractivity contribution < 1.29 is 9.53 Å². The van der Waals surface area contributed by atoms with Crippen molar-refractivity contribution in [3.05, 3.63) is 22.7 Å². The predicted molar refractivity (Wildman–Crippen MR) is 63.2 cm³/mol. The molecule has 0 atom stereocenters. The zero-order chi connectivity index (χ0) is 11.4. The Morgan fingerprint density at radius 2 is 2.27 bits per heavy atom. The summed E-state index contributed by atoms with van der Waals surface area (Å²) in [6.07, 6.45) is 0. The molecule has 1 aromatic carbocycles. The van der Waals surface area contributed by atoms with Gasteiger partial charge in [0.05, 0.1) is 18.1 Å². The summed E-state index contributed by atoms with van der Waals surface area (Å²) in [6, 6.07) is 5.41. The highest BCUT2D eigenvalue weighted by Crippen LogP contribution is 2.28. The summed E-state index contributed by atoms with van der Waals surface area (Å²) < 4.78 is 5.90. The number of methoxy groups -OCH3 is 1. The molecule has 0 bridgehead atoms. The first kappa shape index (κ1) is 12.0. The first-order valence-corrected chi connectivity index (χ1v) is 5.19. The van der Waals surface area contributed by atoms with Gasteiger partial charge >= 0.3 is 0 Å². The Bertz CT molecular complexity index is 368. The lowest BCUT2D eigenvalue weighted by Gasteiger charge is -2.17. The number of benzene rings is 1. The van der Waals surface area contributed by atoms with E-state index >= 15 is 0 Å². The number of amides is 1. The largest absolute Gasteiger partial charge is 0.496 e. The Kier molecular flexibility index (Phi) is 4.11. The van der Waals surface area contributed by atoms with Gasteiger partial charge in [0.2, 0.25) is 5.91 Å². The molecule has 0 fully saturated rings. The van der Waals surface area contributed by atoms with E-state index in [1.807, 2.05) is 6.07 Å². The summed E-state index contributed by atoms with van der Waals surface area (Å²) >= 11 is 3.35. The first-order valence-electron chi connectivity index (χ1n) is 4.40. The Hall–Kier alpha value is -1.07. The molecule has 0 aliphatic heterocycles. The number of nitrogens with zero attached hydrogens (tertiary/aromatic N) is 1. The van der Waals surface area contributed by atoms with Gasteiger partial charge in [-0.15, -0.1) is 0 Å². The van der Waals surface area contributed by atoms with E-state index in [4.69, 9.17) is 10.5 Å². The number of anilines is 1. The van der Waals surface area contributed by atoms with Crippen LogP contribution in [0.2, 0.25) is 0 Å². The molecule has 1 rings (SSSR count). The van der Waals surface area contributed by atoms with Crippen LogP contribution in [0.4, 0.5) is 5.69 Å². The van der Waals surface area contributed by atoms with Crippen LogP contribution in [-0.4, -0.2) is 26.6 Å². The minimum absolute atomic E-state index is 0.000147. The molecule has 0 heterocycles. The Morgan fingerprint density at radius 3 is 2.73 bits per heavy atom. The van der Waals surface area contributed by atoms with Crippen LogP contribution >= 0.6 is 15.9 Å². The zero-order valence-corrected chi connectivity index (χ0v) is 10.2. The lowest BCUT2D eigenvalue weighted by atomic mass is 10.3. The van der Waals surface area contributed by atoms with Crippen molar-refractivity contribution in [1.29, 1.82) is 0 Å². The van der Waals surface area contributed by atoms with Crippen LogP contribution in [-0.2, 0) is 4.79 Å². The van der Waals surface area contributed by atoms with E-state index in [2.05, 4.69) is 15.9 Å². The molecular weight excluding hydrogens is 260 g/mol. The van der Waals surface area contributed by atoms with Crippen molar-refractivity contribution in [2.45, 2.75) is 0 Å². The van der Waals surface area contributed by atoms with Gasteiger partial charge in [-0.25, -0.2) is 0 Å². The lowest BCUT2D eigenvalue weighted by Crippen LogP contribution is -2.32. The Morgan fingerprint density at radius 1 is 1.60 bits per heavy atom. The molecule has 2 N–H and O–H groups in total. The van der Waals surface area contributed by atoms with E-state index < -0.39 is 0 Å². The average molecular weight is 273 g/mol. The Balaban J connectivity index is 2.97. The number of likely N-dealkylation sites (N-methyl/N-ethyl adjacent to an activating group) is 1. The van der Waals surface area contributed by atoms with E-state index in [1.165, 1.54) is 4.90 Å². The molecule has 4 nitrogen and oxygen atoms in total. The van der Waals surface area contributed by atoms with E-state index in [9.17, 15) is 4.79 Å². The molecule has 0 radical (unpaired) electrons. The third-order valence-corrected chi connectivity index (χ3v) is 2.69. The maximum absolute atomic E-state index is 11.3. The van der Waals surface area contributed by atoms with E-state index in [0.717, 1.165) is 15.9 Å². The van der Waals surface area contributed by atoms with Gasteiger partial charge in [0.1, 0.15) is 5.75 Å². The number of hydrogen-bond donors (Lipinski definition) is 1. The SMILES string of the molecule is COc1ccc(N(C)C(=O)CN)cc1Br. The second-order valence-electron chi connectivity index (χ2n) is 2.98. The number of ether oxygens (including phenoxy) is 1. The van der Waals surface area contributed by atoms with Gasteiger partial charge in [0.15, 0.2) is 0 Å². The molecule has 0 aliphatic rings. The molecule has 0 saturated carbocycles. The minimum atomic E-state index is -0.132. The molecule has 5 heteroatoms. The fourth-order valence-corrected chi connectivity index (χ4v) is 1.67. The zero-order valence-electron chi connectivity index (χ0n) is 8.66. The van der Waals surface area contributed by atoms with Crippen LogP contribution in [0.15, 0.2) is 22.7 Å². The fourth-order valence-electron chi connectivity index (χ4n) is 1.14. The quantitative estimate of drug-likeness (QED) is 0.905. The van der Waals surface area contributed by atoms with Crippen molar-refractivity contribution in [3.63, 3.8) is 0 Å². The molecule has 0 saturated heterocycles. The van der Waals surface area contributed by atoms with Crippen molar-refractivity contribution in [3.8, 4) is 5.75 Å². The maximum Gasteiger partial charge on any atom is 0.240 e. The molecule has 1 amide bonds. The van der Waals surface area contributed by atoms with Crippen LogP contribution in [0.5, 0.6) is 5.75 Å². The molecule has 0 spiro atoms. The van der Waals surface area contributed by atoms with Crippen molar-refractivity contribution in [2.24, 2.45) is 5.73 Å². The number of rotatable bonds is 3. The van der Waals surface area contributed by atoms with Crippen LogP contribution in [0.3, 0.4) is 0 Å². The third-order valence-electron chi connectivity index (χ3n) is 2.07. The molecule has 82 valence electrons. The third kappa shape index (κ3) is 2.70. The molecule has 0 unspecified atom stereocenters. The Labute approximate surface area is 97.1 Å². The molecule has 0 aromatic heterocycles. The highest BCUT2D eigenvalue weighted by molar-refractivity contribution is 9.10. The topological polar surface area (TPSA) is 55.6 Å². The fraction of sp³-hybridized carbons (Fsp3) is 0.300. The summed E-state index contributed by atoms with van der Waals surface area (Å²) in [6.45, 7) is 0.000147. The van der Waals surface area contributed by atoms with Gasteiger partial charge in [0, 0.05) is 12.7 Å². The smallest absolute Gasteiger partial charge is 0.240 e. The summed E-state index contributed by atoms with van der Waals surface area (Å²) in [5, 5.41) is 0. The van der Waals surface area contributed by atoms with Crippen molar-refractivity contribution >= 4 is 27.5 Å². The highest BCUT2D eigenvalue weighted by Gasteiger charge is 2.10. The highest BCUT2D eigenvalue weighted by atomic mass is 79.9. The van der Waals surface area contributed by atoms with Crippen LogP contribution in [0.1, 0.15) is 0 Å². The predicted octanol–water partition coefficient (Wildman–Crippen LogP) is 1.38. The molecule has 15 heavy (non-hydrogen) atoms. The van der Waals surface area contributed by atoms with Crippen molar-refractivity contribution in [1.82, 2.24) is 0 Å². The van der Waals surface area contributed by atoms with E-state index in [-0.39, 0.29) is 12.5 Å². The van der Waals surface area contributed by atoms with E-state index in [0.29, 0.717) is 0 Å². The standard InChI is InChI=1S/C10H13BrN2O2/c1-13(10(14)6-12)7-3-4-9(15-2)8(11)5-7/h3-5H,6,12H2,1-2H3. The second-order valence-corrected chi connectivity index (χ2v) is 3.83. The number of carbonyl (C=O) groups excluding carboxylic acids is 1. The van der Waals surface area contributed by atoms with Gasteiger partial charge in [-0.05, 0) is 34.1 Å².